The van der Waals surface area contributed by atoms with Crippen LogP contribution in [0, 0.1) is 0 Å². The van der Waals surface area contributed by atoms with E-state index in [1.165, 1.54) is 0 Å². The average Bonchev–Trinajstić information content (AvgIpc) is 2.43. The molecule has 6 heteroatoms. The summed E-state index contributed by atoms with van der Waals surface area (Å²) >= 11 is 1.82. The van der Waals surface area contributed by atoms with Gasteiger partial charge in [-0.3, -0.25) is 4.79 Å². The van der Waals surface area contributed by atoms with Crippen molar-refractivity contribution in [3.05, 3.63) is 0 Å². The van der Waals surface area contributed by atoms with Crippen molar-refractivity contribution in [3.63, 3.8) is 0 Å². The van der Waals surface area contributed by atoms with Gasteiger partial charge in [0.05, 0.1) is 0 Å². The Bertz CT molecular complexity index is 207. The number of nitrogens with two attached hydrogens (primary N) is 2. The fourth-order valence-electron chi connectivity index (χ4n) is 1.63. The van der Waals surface area contributed by atoms with Gasteiger partial charge in [-0.05, 0) is 12.8 Å². The lowest BCUT2D eigenvalue weighted by atomic mass is 10.0. The lowest BCUT2D eigenvalue weighted by Gasteiger charge is -2.16. The number of unbranched alkanes of at least 4 members (excludes halogenated alkanes) is 1. The zero-order chi connectivity index (χ0) is 10.6. The fraction of sp³-hybridized carbons (Fsp3) is 0.889. The Labute approximate surface area is 105 Å². The number of carboxylic acid groups (broad SMARTS) is 1. The Balaban J connectivity index is 0.00000196. The highest BCUT2D eigenvalue weighted by Gasteiger charge is 2.30. The Morgan fingerprint density at radius 2 is 2.07 bits per heavy atom. The van der Waals surface area contributed by atoms with Crippen molar-refractivity contribution in [3.8, 4) is 0 Å². The second-order valence-corrected chi connectivity index (χ2v) is 5.02. The van der Waals surface area contributed by atoms with Crippen LogP contribution in [0.5, 0.6) is 0 Å². The number of carbonyl (C=O) groups is 1. The van der Waals surface area contributed by atoms with Crippen LogP contribution in [0.1, 0.15) is 25.7 Å². The lowest BCUT2D eigenvalue weighted by Crippen LogP contribution is -2.43. The quantitative estimate of drug-likeness (QED) is 0.658. The highest BCUT2D eigenvalue weighted by Crippen LogP contribution is 2.28. The molecule has 0 spiro atoms. The smallest absolute Gasteiger partial charge is 0.303 e. The third-order valence-corrected chi connectivity index (χ3v) is 4.11. The second-order valence-electron chi connectivity index (χ2n) is 3.75. The first kappa shape index (κ1) is 15.2. The fourth-order valence-corrected chi connectivity index (χ4v) is 3.08. The molecule has 0 saturated carbocycles. The predicted octanol–water partition coefficient (Wildman–Crippen LogP) is 0.979. The van der Waals surface area contributed by atoms with Crippen LogP contribution in [-0.4, -0.2) is 34.2 Å². The topological polar surface area (TPSA) is 89.3 Å². The molecule has 0 bridgehead atoms. The van der Waals surface area contributed by atoms with Crippen LogP contribution < -0.4 is 11.5 Å². The Hall–Kier alpha value is 0.220. The lowest BCUT2D eigenvalue weighted by molar-refractivity contribution is -0.137. The number of hydrogen-bond donors (Lipinski definition) is 3. The van der Waals surface area contributed by atoms with Crippen LogP contribution in [0.15, 0.2) is 0 Å². The first-order valence-corrected chi connectivity index (χ1v) is 6.00. The van der Waals surface area contributed by atoms with Crippen LogP contribution >= 0.6 is 28.7 Å². The third kappa shape index (κ3) is 5.19. The zero-order valence-electron chi connectivity index (χ0n) is 8.59. The number of thioether (sulfide) groups is 1. The average molecular weight is 299 g/mol. The molecule has 1 heterocycles. The van der Waals surface area contributed by atoms with Crippen molar-refractivity contribution in [1.29, 1.82) is 0 Å². The van der Waals surface area contributed by atoms with E-state index in [0.717, 1.165) is 25.0 Å². The molecule has 15 heavy (non-hydrogen) atoms. The molecule has 0 aromatic rings. The highest BCUT2D eigenvalue weighted by atomic mass is 79.9. The second kappa shape index (κ2) is 7.49. The zero-order valence-corrected chi connectivity index (χ0v) is 11.1. The molecule has 1 aliphatic heterocycles. The van der Waals surface area contributed by atoms with Crippen molar-refractivity contribution >= 4 is 34.7 Å². The molecule has 0 radical (unpaired) electrons. The summed E-state index contributed by atoms with van der Waals surface area (Å²) in [6.45, 7) is 0. The van der Waals surface area contributed by atoms with E-state index in [1.54, 1.807) is 0 Å². The number of rotatable bonds is 5. The van der Waals surface area contributed by atoms with Crippen LogP contribution in [-0.2, 0) is 4.79 Å². The minimum Gasteiger partial charge on any atom is -0.481 e. The highest BCUT2D eigenvalue weighted by molar-refractivity contribution is 8.93. The van der Waals surface area contributed by atoms with Gasteiger partial charge >= 0.3 is 5.97 Å². The predicted molar refractivity (Wildman–Crippen MR) is 68.6 cm³/mol. The molecule has 0 aromatic carbocycles. The van der Waals surface area contributed by atoms with E-state index in [-0.39, 0.29) is 35.5 Å². The molecule has 3 atom stereocenters. The first-order chi connectivity index (χ1) is 6.61. The van der Waals surface area contributed by atoms with Crippen LogP contribution in [0.4, 0.5) is 0 Å². The Kier molecular flexibility index (Phi) is 7.60. The molecule has 0 unspecified atom stereocenters. The van der Waals surface area contributed by atoms with Crippen molar-refractivity contribution in [2.75, 3.05) is 5.75 Å². The van der Waals surface area contributed by atoms with Gasteiger partial charge in [0, 0.05) is 29.5 Å². The first-order valence-electron chi connectivity index (χ1n) is 4.96. The molecule has 0 aromatic heterocycles. The van der Waals surface area contributed by atoms with Gasteiger partial charge in [0.15, 0.2) is 0 Å². The number of halogens is 1. The van der Waals surface area contributed by atoms with Gasteiger partial charge < -0.3 is 16.6 Å². The summed E-state index contributed by atoms with van der Waals surface area (Å²) in [5.41, 5.74) is 11.7. The molecule has 5 N–H and O–H groups in total. The number of carboxylic acids is 1. The van der Waals surface area contributed by atoms with Crippen molar-refractivity contribution < 1.29 is 9.90 Å². The largest absolute Gasteiger partial charge is 0.481 e. The maximum Gasteiger partial charge on any atom is 0.303 e. The normalized spacial score (nSPS) is 29.9. The maximum atomic E-state index is 10.3. The van der Waals surface area contributed by atoms with Crippen LogP contribution in [0.3, 0.4) is 0 Å². The Morgan fingerprint density at radius 3 is 2.53 bits per heavy atom. The minimum atomic E-state index is -0.718. The van der Waals surface area contributed by atoms with Crippen LogP contribution in [0.2, 0.25) is 0 Å². The third-order valence-electron chi connectivity index (χ3n) is 2.56. The molecule has 0 amide bonds. The number of aliphatic carboxylic acids is 1. The van der Waals surface area contributed by atoms with E-state index in [2.05, 4.69) is 0 Å². The van der Waals surface area contributed by atoms with Gasteiger partial charge in [0.2, 0.25) is 0 Å². The standard InChI is InChI=1S/C9H18N2O2S.BrH/c10-6-5-14-7(9(6)11)3-1-2-4-8(12)13;/h6-7,9H,1-5,10-11H2,(H,12,13);1H/t6-,7-,9-;/m1./s1. The molecule has 0 aliphatic carbocycles. The summed E-state index contributed by atoms with van der Waals surface area (Å²) in [7, 11) is 0. The maximum absolute atomic E-state index is 10.3. The summed E-state index contributed by atoms with van der Waals surface area (Å²) < 4.78 is 0. The summed E-state index contributed by atoms with van der Waals surface area (Å²) in [5, 5.41) is 8.88. The summed E-state index contributed by atoms with van der Waals surface area (Å²) in [5.74, 6) is 0.218. The van der Waals surface area contributed by atoms with E-state index in [4.69, 9.17) is 16.6 Å². The molecular formula is C9H19BrN2O2S. The van der Waals surface area contributed by atoms with E-state index >= 15 is 0 Å². The van der Waals surface area contributed by atoms with Gasteiger partial charge in [0.25, 0.3) is 0 Å². The summed E-state index contributed by atoms with van der Waals surface area (Å²) in [6, 6.07) is 0.203. The van der Waals surface area contributed by atoms with Gasteiger partial charge in [-0.1, -0.05) is 6.42 Å². The molecule has 1 aliphatic rings. The SMILES string of the molecule is Br.N[C@@H]1[C@H](N)CS[C@@H]1CCCCC(=O)O. The van der Waals surface area contributed by atoms with Crippen molar-refractivity contribution in [2.24, 2.45) is 11.5 Å². The van der Waals surface area contributed by atoms with Crippen LogP contribution in [0.25, 0.3) is 0 Å². The molecule has 90 valence electrons. The van der Waals surface area contributed by atoms with Gasteiger partial charge in [-0.15, -0.1) is 17.0 Å². The van der Waals surface area contributed by atoms with E-state index in [0.29, 0.717) is 5.25 Å². The number of hydrogen-bond acceptors (Lipinski definition) is 4. The summed E-state index contributed by atoms with van der Waals surface area (Å²) in [4.78, 5) is 10.3. The molecule has 4 nitrogen and oxygen atoms in total. The van der Waals surface area contributed by atoms with E-state index in [1.807, 2.05) is 11.8 Å². The minimum absolute atomic E-state index is 0. The Morgan fingerprint density at radius 1 is 1.40 bits per heavy atom. The monoisotopic (exact) mass is 298 g/mol. The van der Waals surface area contributed by atoms with Gasteiger partial charge in [-0.25, -0.2) is 0 Å². The van der Waals surface area contributed by atoms with Gasteiger partial charge in [-0.2, -0.15) is 11.8 Å². The van der Waals surface area contributed by atoms with E-state index < -0.39 is 5.97 Å². The molecule has 1 saturated heterocycles. The van der Waals surface area contributed by atoms with E-state index in [9.17, 15) is 4.79 Å². The van der Waals surface area contributed by atoms with Crippen molar-refractivity contribution in [2.45, 2.75) is 43.0 Å². The molecule has 1 fully saturated rings. The van der Waals surface area contributed by atoms with Gasteiger partial charge in [0.1, 0.15) is 0 Å². The summed E-state index contributed by atoms with van der Waals surface area (Å²) in [6.07, 6.45) is 2.93. The molecular weight excluding hydrogens is 280 g/mol. The van der Waals surface area contributed by atoms with Crippen molar-refractivity contribution in [1.82, 2.24) is 0 Å². The molecule has 1 rings (SSSR count).